The van der Waals surface area contributed by atoms with Crippen molar-refractivity contribution in [1.82, 2.24) is 4.98 Å². The summed E-state index contributed by atoms with van der Waals surface area (Å²) in [5.74, 6) is -0.287. The second kappa shape index (κ2) is 6.17. The van der Waals surface area contributed by atoms with E-state index in [1.54, 1.807) is 19.2 Å². The molecule has 1 rings (SSSR count). The van der Waals surface area contributed by atoms with Crippen LogP contribution in [0.5, 0.6) is 0 Å². The molecular formula is C7H11Cl2FN2. The summed E-state index contributed by atoms with van der Waals surface area (Å²) >= 11 is 0. The molecule has 12 heavy (non-hydrogen) atoms. The molecule has 0 amide bonds. The SMILES string of the molecule is Cc1ccnc(CN)c1F.Cl.Cl. The predicted molar refractivity (Wildman–Crippen MR) is 51.3 cm³/mol. The summed E-state index contributed by atoms with van der Waals surface area (Å²) in [5, 5.41) is 0. The lowest BCUT2D eigenvalue weighted by molar-refractivity contribution is 0.591. The molecule has 0 atom stereocenters. The van der Waals surface area contributed by atoms with Gasteiger partial charge in [-0.1, -0.05) is 0 Å². The van der Waals surface area contributed by atoms with Gasteiger partial charge in [0.05, 0.1) is 5.69 Å². The van der Waals surface area contributed by atoms with E-state index in [0.717, 1.165) is 0 Å². The lowest BCUT2D eigenvalue weighted by Gasteiger charge is -1.99. The van der Waals surface area contributed by atoms with Gasteiger partial charge < -0.3 is 5.73 Å². The van der Waals surface area contributed by atoms with Gasteiger partial charge in [0, 0.05) is 12.7 Å². The largest absolute Gasteiger partial charge is 0.325 e. The number of rotatable bonds is 1. The Hall–Kier alpha value is -0.380. The van der Waals surface area contributed by atoms with Crippen LogP contribution >= 0.6 is 24.8 Å². The fraction of sp³-hybridized carbons (Fsp3) is 0.286. The quantitative estimate of drug-likeness (QED) is 0.772. The molecule has 0 aliphatic carbocycles. The van der Waals surface area contributed by atoms with Crippen LogP contribution in [-0.4, -0.2) is 4.98 Å². The number of hydrogen-bond donors (Lipinski definition) is 1. The maximum atomic E-state index is 12.9. The highest BCUT2D eigenvalue weighted by Crippen LogP contribution is 2.07. The van der Waals surface area contributed by atoms with Crippen LogP contribution in [0.1, 0.15) is 11.3 Å². The third-order valence-electron chi connectivity index (χ3n) is 1.35. The summed E-state index contributed by atoms with van der Waals surface area (Å²) in [7, 11) is 0. The van der Waals surface area contributed by atoms with Gasteiger partial charge in [-0.05, 0) is 18.6 Å². The molecule has 1 heterocycles. The van der Waals surface area contributed by atoms with E-state index in [1.807, 2.05) is 0 Å². The molecule has 0 unspecified atom stereocenters. The number of nitrogens with two attached hydrogens (primary N) is 1. The summed E-state index contributed by atoms with van der Waals surface area (Å²) in [5.41, 5.74) is 6.14. The van der Waals surface area contributed by atoms with Crippen molar-refractivity contribution in [1.29, 1.82) is 0 Å². The fourth-order valence-electron chi connectivity index (χ4n) is 0.739. The topological polar surface area (TPSA) is 38.9 Å². The Morgan fingerprint density at radius 3 is 2.50 bits per heavy atom. The third kappa shape index (κ3) is 2.93. The van der Waals surface area contributed by atoms with Crippen LogP contribution in [0.4, 0.5) is 4.39 Å². The molecule has 0 aromatic carbocycles. The zero-order valence-electron chi connectivity index (χ0n) is 6.58. The molecule has 0 aliphatic rings. The molecule has 70 valence electrons. The van der Waals surface area contributed by atoms with Gasteiger partial charge in [-0.25, -0.2) is 4.39 Å². The Bertz CT molecular complexity index is 243. The molecule has 0 spiro atoms. The van der Waals surface area contributed by atoms with Crippen LogP contribution in [0, 0.1) is 12.7 Å². The normalized spacial score (nSPS) is 8.25. The summed E-state index contributed by atoms with van der Waals surface area (Å²) in [4.78, 5) is 3.76. The molecule has 0 radical (unpaired) electrons. The Labute approximate surface area is 83.2 Å². The molecule has 0 saturated heterocycles. The first-order chi connectivity index (χ1) is 4.75. The lowest BCUT2D eigenvalue weighted by atomic mass is 10.2. The van der Waals surface area contributed by atoms with E-state index in [-0.39, 0.29) is 37.2 Å². The Balaban J connectivity index is 0. The van der Waals surface area contributed by atoms with Crippen LogP contribution in [0.3, 0.4) is 0 Å². The molecule has 2 nitrogen and oxygen atoms in total. The van der Waals surface area contributed by atoms with Crippen molar-refractivity contribution in [3.8, 4) is 0 Å². The summed E-state index contributed by atoms with van der Waals surface area (Å²) in [6.07, 6.45) is 1.56. The minimum atomic E-state index is -0.287. The summed E-state index contributed by atoms with van der Waals surface area (Å²) in [6, 6.07) is 1.62. The van der Waals surface area contributed by atoms with E-state index in [2.05, 4.69) is 4.98 Å². The third-order valence-corrected chi connectivity index (χ3v) is 1.35. The fourth-order valence-corrected chi connectivity index (χ4v) is 0.739. The van der Waals surface area contributed by atoms with Crippen molar-refractivity contribution < 1.29 is 4.39 Å². The predicted octanol–water partition coefficient (Wildman–Crippen LogP) is 1.83. The average molecular weight is 213 g/mol. The molecule has 1 aromatic rings. The lowest BCUT2D eigenvalue weighted by Crippen LogP contribution is -2.03. The second-order valence-corrected chi connectivity index (χ2v) is 2.09. The van der Waals surface area contributed by atoms with Crippen molar-refractivity contribution in [2.24, 2.45) is 5.73 Å². The van der Waals surface area contributed by atoms with Crippen LogP contribution in [-0.2, 0) is 6.54 Å². The average Bonchev–Trinajstić information content (AvgIpc) is 1.95. The highest BCUT2D eigenvalue weighted by Gasteiger charge is 2.02. The van der Waals surface area contributed by atoms with Crippen molar-refractivity contribution in [2.75, 3.05) is 0 Å². The van der Waals surface area contributed by atoms with Crippen molar-refractivity contribution >= 4 is 24.8 Å². The van der Waals surface area contributed by atoms with Gasteiger partial charge in [-0.15, -0.1) is 24.8 Å². The van der Waals surface area contributed by atoms with Gasteiger partial charge in [0.2, 0.25) is 0 Å². The monoisotopic (exact) mass is 212 g/mol. The van der Waals surface area contributed by atoms with Crippen LogP contribution in [0.2, 0.25) is 0 Å². The standard InChI is InChI=1S/C7H9FN2.2ClH/c1-5-2-3-10-6(4-9)7(5)8;;/h2-3H,4,9H2,1H3;2*1H. The number of pyridine rings is 1. The smallest absolute Gasteiger partial charge is 0.148 e. The Morgan fingerprint density at radius 2 is 2.08 bits per heavy atom. The van der Waals surface area contributed by atoms with E-state index < -0.39 is 0 Å². The van der Waals surface area contributed by atoms with Gasteiger partial charge in [-0.2, -0.15) is 0 Å². The van der Waals surface area contributed by atoms with Crippen LogP contribution < -0.4 is 5.73 Å². The molecule has 0 fully saturated rings. The van der Waals surface area contributed by atoms with Crippen LogP contribution in [0.15, 0.2) is 12.3 Å². The number of aryl methyl sites for hydroxylation is 1. The maximum Gasteiger partial charge on any atom is 0.148 e. The molecular weight excluding hydrogens is 202 g/mol. The Kier molecular flexibility index (Phi) is 7.28. The highest BCUT2D eigenvalue weighted by molar-refractivity contribution is 5.85. The molecule has 0 aliphatic heterocycles. The first-order valence-electron chi connectivity index (χ1n) is 3.05. The maximum absolute atomic E-state index is 12.9. The van der Waals surface area contributed by atoms with Crippen molar-refractivity contribution in [3.63, 3.8) is 0 Å². The van der Waals surface area contributed by atoms with E-state index in [0.29, 0.717) is 11.3 Å². The summed E-state index contributed by atoms with van der Waals surface area (Å²) < 4.78 is 12.9. The Morgan fingerprint density at radius 1 is 1.50 bits per heavy atom. The number of nitrogens with zero attached hydrogens (tertiary/aromatic N) is 1. The van der Waals surface area contributed by atoms with Crippen molar-refractivity contribution in [2.45, 2.75) is 13.5 Å². The van der Waals surface area contributed by atoms with Gasteiger partial charge in [0.25, 0.3) is 0 Å². The number of halogens is 3. The zero-order chi connectivity index (χ0) is 7.56. The minimum Gasteiger partial charge on any atom is -0.325 e. The minimum absolute atomic E-state index is 0. The molecule has 2 N–H and O–H groups in total. The van der Waals surface area contributed by atoms with E-state index >= 15 is 0 Å². The number of aromatic nitrogens is 1. The van der Waals surface area contributed by atoms with Gasteiger partial charge in [0.1, 0.15) is 5.82 Å². The molecule has 0 bridgehead atoms. The number of hydrogen-bond acceptors (Lipinski definition) is 2. The van der Waals surface area contributed by atoms with E-state index in [1.165, 1.54) is 0 Å². The molecule has 5 heteroatoms. The highest BCUT2D eigenvalue weighted by atomic mass is 35.5. The summed E-state index contributed by atoms with van der Waals surface area (Å²) in [6.45, 7) is 1.85. The van der Waals surface area contributed by atoms with Gasteiger partial charge in [-0.3, -0.25) is 4.98 Å². The van der Waals surface area contributed by atoms with E-state index in [4.69, 9.17) is 5.73 Å². The van der Waals surface area contributed by atoms with Crippen LogP contribution in [0.25, 0.3) is 0 Å². The second-order valence-electron chi connectivity index (χ2n) is 2.09. The first kappa shape index (κ1) is 14.2. The van der Waals surface area contributed by atoms with Gasteiger partial charge >= 0.3 is 0 Å². The first-order valence-corrected chi connectivity index (χ1v) is 3.05. The van der Waals surface area contributed by atoms with Crippen molar-refractivity contribution in [3.05, 3.63) is 29.3 Å². The van der Waals surface area contributed by atoms with E-state index in [9.17, 15) is 4.39 Å². The van der Waals surface area contributed by atoms with Gasteiger partial charge in [0.15, 0.2) is 0 Å². The molecule has 0 saturated carbocycles. The molecule has 1 aromatic heterocycles. The zero-order valence-corrected chi connectivity index (χ0v) is 8.21.